The van der Waals surface area contributed by atoms with Crippen LogP contribution in [0.3, 0.4) is 0 Å². The number of benzene rings is 4. The predicted molar refractivity (Wildman–Crippen MR) is 118 cm³/mol. The van der Waals surface area contributed by atoms with Crippen LogP contribution in [0.5, 0.6) is 11.5 Å². The Labute approximate surface area is 174 Å². The van der Waals surface area contributed by atoms with Crippen LogP contribution in [-0.2, 0) is 9.59 Å². The average molecular weight is 396 g/mol. The number of hydrogen-bond acceptors (Lipinski definition) is 4. The Hall–Kier alpha value is -3.92. The van der Waals surface area contributed by atoms with Crippen LogP contribution in [0.25, 0.3) is 21.5 Å². The lowest BCUT2D eigenvalue weighted by atomic mass is 10.1. The molecular formula is C26H20O4. The quantitative estimate of drug-likeness (QED) is 0.247. The van der Waals surface area contributed by atoms with Gasteiger partial charge in [0.25, 0.3) is 0 Å². The van der Waals surface area contributed by atoms with Gasteiger partial charge in [0, 0.05) is 11.1 Å². The summed E-state index contributed by atoms with van der Waals surface area (Å²) in [6.07, 6.45) is 0. The highest BCUT2D eigenvalue weighted by molar-refractivity contribution is 6.01. The van der Waals surface area contributed by atoms with Crippen molar-refractivity contribution in [3.8, 4) is 11.5 Å². The molecule has 4 nitrogen and oxygen atoms in total. The molecule has 0 aliphatic heterocycles. The monoisotopic (exact) mass is 396 g/mol. The summed E-state index contributed by atoms with van der Waals surface area (Å²) < 4.78 is 10.9. The van der Waals surface area contributed by atoms with Gasteiger partial charge in [-0.2, -0.15) is 0 Å². The van der Waals surface area contributed by atoms with Crippen molar-refractivity contribution >= 4 is 33.5 Å². The topological polar surface area (TPSA) is 52.6 Å². The van der Waals surface area contributed by atoms with Gasteiger partial charge in [-0.1, -0.05) is 60.7 Å². The van der Waals surface area contributed by atoms with E-state index in [1.165, 1.54) is 0 Å². The molecule has 0 atom stereocenters. The highest BCUT2D eigenvalue weighted by atomic mass is 16.5. The number of carbonyl (C=O) groups excluding carboxylic acids is 2. The Bertz CT molecular complexity index is 1200. The van der Waals surface area contributed by atoms with E-state index in [2.05, 4.69) is 0 Å². The van der Waals surface area contributed by atoms with Gasteiger partial charge in [-0.3, -0.25) is 0 Å². The lowest BCUT2D eigenvalue weighted by molar-refractivity contribution is -0.133. The molecule has 0 bridgehead atoms. The number of carbonyl (C=O) groups is 2. The van der Waals surface area contributed by atoms with Gasteiger partial charge in [-0.05, 0) is 59.7 Å². The molecule has 0 N–H and O–H groups in total. The van der Waals surface area contributed by atoms with Crippen molar-refractivity contribution in [3.63, 3.8) is 0 Å². The number of esters is 2. The molecule has 0 aliphatic rings. The van der Waals surface area contributed by atoms with E-state index in [0.717, 1.165) is 21.5 Å². The number of ether oxygens (including phenoxy) is 2. The van der Waals surface area contributed by atoms with Gasteiger partial charge in [0.05, 0.1) is 0 Å². The minimum atomic E-state index is -0.585. The highest BCUT2D eigenvalue weighted by Gasteiger charge is 2.18. The van der Waals surface area contributed by atoms with Crippen LogP contribution in [0.2, 0.25) is 0 Å². The maximum absolute atomic E-state index is 12.5. The van der Waals surface area contributed by atoms with Gasteiger partial charge in [0.1, 0.15) is 11.5 Å². The van der Waals surface area contributed by atoms with Gasteiger partial charge >= 0.3 is 11.9 Å². The van der Waals surface area contributed by atoms with Crippen LogP contribution in [0.4, 0.5) is 0 Å². The van der Waals surface area contributed by atoms with E-state index in [1.807, 2.05) is 60.7 Å². The van der Waals surface area contributed by atoms with Crippen LogP contribution >= 0.6 is 0 Å². The Morgan fingerprint density at radius 1 is 0.533 bits per heavy atom. The van der Waals surface area contributed by atoms with Crippen molar-refractivity contribution in [1.82, 2.24) is 0 Å². The van der Waals surface area contributed by atoms with E-state index in [0.29, 0.717) is 11.5 Å². The summed E-state index contributed by atoms with van der Waals surface area (Å²) in [5.74, 6) is -0.320. The summed E-state index contributed by atoms with van der Waals surface area (Å²) in [5, 5.41) is 4.05. The van der Waals surface area contributed by atoms with Gasteiger partial charge < -0.3 is 9.47 Å². The Morgan fingerprint density at radius 3 is 1.30 bits per heavy atom. The lowest BCUT2D eigenvalue weighted by Crippen LogP contribution is -2.17. The normalized spacial score (nSPS) is 11.8. The van der Waals surface area contributed by atoms with E-state index in [1.54, 1.807) is 38.1 Å². The van der Waals surface area contributed by atoms with Crippen LogP contribution in [0.15, 0.2) is 96.1 Å². The lowest BCUT2D eigenvalue weighted by Gasteiger charge is -2.10. The second-order valence-corrected chi connectivity index (χ2v) is 7.05. The highest BCUT2D eigenvalue weighted by Crippen LogP contribution is 2.23. The van der Waals surface area contributed by atoms with Crippen molar-refractivity contribution in [1.29, 1.82) is 0 Å². The summed E-state index contributed by atoms with van der Waals surface area (Å²) >= 11 is 0. The molecule has 4 aromatic rings. The second kappa shape index (κ2) is 8.21. The van der Waals surface area contributed by atoms with Crippen molar-refractivity contribution in [2.24, 2.45) is 0 Å². The molecule has 0 heterocycles. The summed E-state index contributed by atoms with van der Waals surface area (Å²) in [6, 6.07) is 26.4. The Morgan fingerprint density at radius 2 is 0.900 bits per heavy atom. The zero-order valence-corrected chi connectivity index (χ0v) is 16.7. The molecule has 4 heteroatoms. The van der Waals surface area contributed by atoms with Gasteiger partial charge in [0.15, 0.2) is 0 Å². The molecule has 30 heavy (non-hydrogen) atoms. The molecule has 0 spiro atoms. The summed E-state index contributed by atoms with van der Waals surface area (Å²) in [4.78, 5) is 25.1. The van der Waals surface area contributed by atoms with E-state index < -0.39 is 11.9 Å². The molecule has 0 saturated carbocycles. The Kier molecular flexibility index (Phi) is 5.31. The zero-order valence-electron chi connectivity index (χ0n) is 16.7. The second-order valence-electron chi connectivity index (χ2n) is 7.05. The first-order chi connectivity index (χ1) is 14.5. The number of rotatable bonds is 4. The van der Waals surface area contributed by atoms with Crippen LogP contribution in [-0.4, -0.2) is 11.9 Å². The van der Waals surface area contributed by atoms with E-state index in [9.17, 15) is 9.59 Å². The molecule has 0 radical (unpaired) electrons. The van der Waals surface area contributed by atoms with Crippen LogP contribution < -0.4 is 9.47 Å². The van der Waals surface area contributed by atoms with Gasteiger partial charge in [-0.25, -0.2) is 9.59 Å². The molecule has 0 fully saturated rings. The number of fused-ring (bicyclic) bond motifs is 2. The van der Waals surface area contributed by atoms with Crippen LogP contribution in [0.1, 0.15) is 13.8 Å². The van der Waals surface area contributed by atoms with Crippen molar-refractivity contribution < 1.29 is 19.1 Å². The first-order valence-corrected chi connectivity index (χ1v) is 9.61. The molecule has 148 valence electrons. The minimum absolute atomic E-state index is 0.203. The summed E-state index contributed by atoms with van der Waals surface area (Å²) in [5.41, 5.74) is 0.405. The first kappa shape index (κ1) is 19.4. The van der Waals surface area contributed by atoms with E-state index in [-0.39, 0.29) is 11.1 Å². The minimum Gasteiger partial charge on any atom is -0.423 e. The first-order valence-electron chi connectivity index (χ1n) is 9.61. The fourth-order valence-corrected chi connectivity index (χ4v) is 3.14. The van der Waals surface area contributed by atoms with Crippen molar-refractivity contribution in [2.75, 3.05) is 0 Å². The third-order valence-corrected chi connectivity index (χ3v) is 5.04. The van der Waals surface area contributed by atoms with Crippen LogP contribution in [0, 0.1) is 0 Å². The predicted octanol–water partition coefficient (Wildman–Crippen LogP) is 5.84. The largest absolute Gasteiger partial charge is 0.423 e. The smallest absolute Gasteiger partial charge is 0.339 e. The third-order valence-electron chi connectivity index (χ3n) is 5.04. The van der Waals surface area contributed by atoms with E-state index in [4.69, 9.17) is 9.47 Å². The zero-order chi connectivity index (χ0) is 21.1. The molecule has 4 aromatic carbocycles. The molecule has 0 amide bonds. The van der Waals surface area contributed by atoms with Gasteiger partial charge in [0.2, 0.25) is 0 Å². The summed E-state index contributed by atoms with van der Waals surface area (Å²) in [7, 11) is 0. The molecule has 0 unspecified atom stereocenters. The molecule has 0 aromatic heterocycles. The molecular weight excluding hydrogens is 376 g/mol. The molecule has 0 saturated heterocycles. The van der Waals surface area contributed by atoms with E-state index >= 15 is 0 Å². The maximum Gasteiger partial charge on any atom is 0.339 e. The van der Waals surface area contributed by atoms with Crippen molar-refractivity contribution in [2.45, 2.75) is 13.8 Å². The SMILES string of the molecule is C/C(C(=O)Oc1ccc2ccccc2c1)=C(/C)C(=O)Oc1ccc2ccccc2c1. The number of hydrogen-bond donors (Lipinski definition) is 0. The molecule has 4 rings (SSSR count). The maximum atomic E-state index is 12.5. The third kappa shape index (κ3) is 4.08. The fraction of sp³-hybridized carbons (Fsp3) is 0.0769. The Balaban J connectivity index is 1.49. The standard InChI is InChI=1S/C26H20O4/c1-17(25(27)29-23-13-11-19-7-3-5-9-21(19)15-23)18(2)26(28)30-24-14-12-20-8-4-6-10-22(20)16-24/h3-16H,1-2H3/b18-17+. The average Bonchev–Trinajstić information content (AvgIpc) is 2.77. The summed E-state index contributed by atoms with van der Waals surface area (Å²) in [6.45, 7) is 3.11. The fourth-order valence-electron chi connectivity index (χ4n) is 3.14. The molecule has 0 aliphatic carbocycles. The van der Waals surface area contributed by atoms with Crippen molar-refractivity contribution in [3.05, 3.63) is 96.1 Å². The van der Waals surface area contributed by atoms with Gasteiger partial charge in [-0.15, -0.1) is 0 Å².